The van der Waals surface area contributed by atoms with Crippen molar-refractivity contribution < 1.29 is 59.9 Å². The quantitative estimate of drug-likeness (QED) is 0.302. The largest absolute Gasteiger partial charge is 4.00 e. The molecular weight excluding hydrogens is 711 g/mol. The molecule has 4 rings (SSSR count). The molecule has 0 aliphatic heterocycles. The standard InChI is InChI=1S/2C17H29OSi.C2H7Si.2ClH.Zr/c2*1-12(2)17(3,4)15-11-13-9-7-8-10-14(13)16(15)18-19(5)6;1-3-2;;;/h2*11-12,19H,7-10H2,1-6H3;3H,1-2H3;2*1H;/q2*-1;;;;+4/p-2. The van der Waals surface area contributed by atoms with Crippen LogP contribution in [0.1, 0.15) is 114 Å². The number of aryl methyl sites for hydroxylation is 2. The van der Waals surface area contributed by atoms with Crippen LogP contribution >= 0.6 is 0 Å². The van der Waals surface area contributed by atoms with E-state index in [2.05, 4.69) is 107 Å². The third kappa shape index (κ3) is 11.8. The van der Waals surface area contributed by atoms with E-state index in [1.165, 1.54) is 85.1 Å². The summed E-state index contributed by atoms with van der Waals surface area (Å²) < 4.78 is 12.7. The Balaban J connectivity index is 0. The summed E-state index contributed by atoms with van der Waals surface area (Å²) in [7, 11) is -1.34. The van der Waals surface area contributed by atoms with Gasteiger partial charge in [-0.25, -0.2) is 0 Å². The van der Waals surface area contributed by atoms with Gasteiger partial charge in [-0.05, 0) is 60.4 Å². The molecule has 1 radical (unpaired) electrons. The molecule has 0 atom stereocenters. The third-order valence-corrected chi connectivity index (χ3v) is 11.1. The van der Waals surface area contributed by atoms with Gasteiger partial charge in [-0.3, -0.25) is 0 Å². The predicted molar refractivity (Wildman–Crippen MR) is 191 cm³/mol. The average molecular weight is 776 g/mol. The molecule has 0 amide bonds. The SMILES string of the molecule is CC(C)C(C)(C)c1[cH-]c2c(c1O[SiH](C)C)CCCC2.CC(C)C(C)(C)c1[cH-]c2c(c1O[SiH](C)C)CCCC2.C[SiH]C.[Cl-].[Cl-].[Zr+4]. The number of rotatable bonds is 8. The smallest absolute Gasteiger partial charge is 1.00 e. The number of halogens is 2. The summed E-state index contributed by atoms with van der Waals surface area (Å²) in [5, 5.41) is 0. The van der Waals surface area contributed by atoms with Gasteiger partial charge in [0.2, 0.25) is 18.1 Å². The van der Waals surface area contributed by atoms with Gasteiger partial charge in [-0.2, -0.15) is 34.4 Å². The molecule has 0 saturated heterocycles. The fourth-order valence-corrected chi connectivity index (χ4v) is 7.30. The minimum Gasteiger partial charge on any atom is -1.00 e. The van der Waals surface area contributed by atoms with Crippen molar-refractivity contribution in [3.63, 3.8) is 0 Å². The summed E-state index contributed by atoms with van der Waals surface area (Å²) in [6, 6.07) is 4.92. The minimum atomic E-state index is -1.04. The van der Waals surface area contributed by atoms with E-state index >= 15 is 0 Å². The van der Waals surface area contributed by atoms with E-state index in [-0.39, 0.29) is 61.8 Å². The number of hydrogen-bond donors (Lipinski definition) is 0. The second-order valence-electron chi connectivity index (χ2n) is 14.9. The summed E-state index contributed by atoms with van der Waals surface area (Å²) in [6.07, 6.45) is 10.3. The van der Waals surface area contributed by atoms with Crippen LogP contribution in [0.15, 0.2) is 12.1 Å². The zero-order valence-electron chi connectivity index (χ0n) is 30.8. The van der Waals surface area contributed by atoms with Crippen molar-refractivity contribution in [2.24, 2.45) is 11.8 Å². The number of hydrogen-bond acceptors (Lipinski definition) is 2. The molecule has 0 saturated carbocycles. The van der Waals surface area contributed by atoms with E-state index < -0.39 is 18.1 Å². The Morgan fingerprint density at radius 3 is 1.14 bits per heavy atom. The number of fused-ring (bicyclic) bond motifs is 2. The average Bonchev–Trinajstić information content (AvgIpc) is 3.44. The van der Waals surface area contributed by atoms with E-state index in [9.17, 15) is 0 Å². The first-order valence-electron chi connectivity index (χ1n) is 16.8. The molecular formula is C36H65Cl2O2Si3Zr. The second kappa shape index (κ2) is 20.7. The summed E-state index contributed by atoms with van der Waals surface area (Å²) >= 11 is 0. The van der Waals surface area contributed by atoms with E-state index in [1.807, 2.05) is 0 Å². The van der Waals surface area contributed by atoms with Gasteiger partial charge in [0, 0.05) is 9.52 Å². The maximum atomic E-state index is 6.36. The molecule has 0 N–H and O–H groups in total. The van der Waals surface area contributed by atoms with E-state index in [4.69, 9.17) is 8.85 Å². The summed E-state index contributed by atoms with van der Waals surface area (Å²) in [4.78, 5) is 0. The Morgan fingerprint density at radius 2 is 0.886 bits per heavy atom. The molecule has 44 heavy (non-hydrogen) atoms. The normalized spacial score (nSPS) is 14.2. The van der Waals surface area contributed by atoms with Gasteiger partial charge >= 0.3 is 26.2 Å². The molecule has 0 spiro atoms. The van der Waals surface area contributed by atoms with Gasteiger partial charge < -0.3 is 33.7 Å². The molecule has 8 heteroatoms. The molecule has 0 bridgehead atoms. The second-order valence-corrected chi connectivity index (χ2v) is 20.7. The van der Waals surface area contributed by atoms with Gasteiger partial charge in [0.1, 0.15) is 0 Å². The Morgan fingerprint density at radius 1 is 0.614 bits per heavy atom. The first-order valence-corrected chi connectivity index (χ1v) is 24.7. The third-order valence-electron chi connectivity index (χ3n) is 9.68. The van der Waals surface area contributed by atoms with Crippen LogP contribution in [0.5, 0.6) is 11.5 Å². The summed E-state index contributed by atoms with van der Waals surface area (Å²) in [6.45, 7) is 32.3. The predicted octanol–water partition coefficient (Wildman–Crippen LogP) is 3.68. The van der Waals surface area contributed by atoms with Gasteiger partial charge in [0.25, 0.3) is 0 Å². The summed E-state index contributed by atoms with van der Waals surface area (Å²) in [5.41, 5.74) is 9.56. The van der Waals surface area contributed by atoms with E-state index in [0.717, 1.165) is 9.52 Å². The van der Waals surface area contributed by atoms with Crippen molar-refractivity contribution in [1.29, 1.82) is 0 Å². The van der Waals surface area contributed by atoms with Crippen molar-refractivity contribution in [3.8, 4) is 11.5 Å². The Labute approximate surface area is 311 Å². The van der Waals surface area contributed by atoms with Crippen LogP contribution in [0.3, 0.4) is 0 Å². The van der Waals surface area contributed by atoms with Gasteiger partial charge in [0.05, 0.1) is 0 Å². The van der Waals surface area contributed by atoms with Gasteiger partial charge in [-0.15, -0.1) is 11.1 Å². The van der Waals surface area contributed by atoms with Crippen molar-refractivity contribution in [3.05, 3.63) is 45.5 Å². The van der Waals surface area contributed by atoms with Crippen molar-refractivity contribution in [2.75, 3.05) is 0 Å². The molecule has 2 aromatic rings. The van der Waals surface area contributed by atoms with Crippen LogP contribution in [-0.4, -0.2) is 27.6 Å². The van der Waals surface area contributed by atoms with E-state index in [1.54, 1.807) is 11.1 Å². The van der Waals surface area contributed by atoms with Crippen LogP contribution in [0.25, 0.3) is 0 Å². The maximum absolute atomic E-state index is 6.36. The molecule has 2 nitrogen and oxygen atoms in total. The Bertz CT molecular complexity index is 1000. The molecule has 2 aliphatic rings. The molecule has 2 aliphatic carbocycles. The Kier molecular flexibility index (Phi) is 21.9. The zero-order valence-corrected chi connectivity index (χ0v) is 38.2. The van der Waals surface area contributed by atoms with Crippen LogP contribution in [0, 0.1) is 11.8 Å². The van der Waals surface area contributed by atoms with Crippen LogP contribution in [-0.2, 0) is 62.7 Å². The molecule has 0 aromatic heterocycles. The maximum Gasteiger partial charge on any atom is 4.00 e. The first kappa shape index (κ1) is 46.5. The van der Waals surface area contributed by atoms with Crippen molar-refractivity contribution in [2.45, 2.75) is 157 Å². The fraction of sp³-hybridized carbons (Fsp3) is 0.722. The van der Waals surface area contributed by atoms with Crippen LogP contribution in [0.4, 0.5) is 0 Å². The molecule has 2 aromatic carbocycles. The summed E-state index contributed by atoms with van der Waals surface area (Å²) in [5.74, 6) is 3.81. The van der Waals surface area contributed by atoms with Gasteiger partial charge in [-0.1, -0.05) is 120 Å². The van der Waals surface area contributed by atoms with E-state index in [0.29, 0.717) is 11.8 Å². The van der Waals surface area contributed by atoms with Crippen LogP contribution < -0.4 is 33.7 Å². The fourth-order valence-electron chi connectivity index (χ4n) is 5.82. The molecule has 0 heterocycles. The van der Waals surface area contributed by atoms with Gasteiger partial charge in [0.15, 0.2) is 0 Å². The monoisotopic (exact) mass is 773 g/mol. The molecule has 0 unspecified atom stereocenters. The first-order chi connectivity index (χ1) is 19.1. The minimum absolute atomic E-state index is 0. The molecule has 251 valence electrons. The molecule has 0 fully saturated rings. The van der Waals surface area contributed by atoms with Crippen molar-refractivity contribution in [1.82, 2.24) is 0 Å². The topological polar surface area (TPSA) is 18.5 Å². The van der Waals surface area contributed by atoms with Crippen LogP contribution in [0.2, 0.25) is 39.3 Å². The van der Waals surface area contributed by atoms with Crippen molar-refractivity contribution >= 4 is 27.6 Å². The Hall–Kier alpha value is 0.414. The zero-order chi connectivity index (χ0) is 31.1.